The van der Waals surface area contributed by atoms with Crippen molar-refractivity contribution in [2.45, 2.75) is 40.2 Å². The van der Waals surface area contributed by atoms with Gasteiger partial charge in [-0.15, -0.1) is 0 Å². The van der Waals surface area contributed by atoms with E-state index in [4.69, 9.17) is 0 Å². The van der Waals surface area contributed by atoms with Crippen LogP contribution in [0.25, 0.3) is 6.08 Å². The van der Waals surface area contributed by atoms with Gasteiger partial charge in [0.25, 0.3) is 0 Å². The van der Waals surface area contributed by atoms with Crippen molar-refractivity contribution >= 4 is 12.0 Å². The van der Waals surface area contributed by atoms with Crippen LogP contribution in [-0.2, 0) is 11.8 Å². The lowest BCUT2D eigenvalue weighted by molar-refractivity contribution is -0.116. The zero-order valence-electron chi connectivity index (χ0n) is 13.0. The molecule has 112 valence electrons. The number of carbonyl (C=O) groups is 1. The second kappa shape index (κ2) is 7.24. The number of aliphatic hydroxyl groups excluding tert-OH is 1. The first kappa shape index (κ1) is 16.4. The van der Waals surface area contributed by atoms with Crippen LogP contribution in [0.5, 0.6) is 0 Å². The van der Waals surface area contributed by atoms with Gasteiger partial charge in [0.15, 0.2) is 0 Å². The summed E-state index contributed by atoms with van der Waals surface area (Å²) in [5, 5.41) is 16.7. The number of rotatable bonds is 6. The van der Waals surface area contributed by atoms with Gasteiger partial charge >= 0.3 is 0 Å². The van der Waals surface area contributed by atoms with E-state index in [1.54, 1.807) is 10.8 Å². The second-order valence-electron chi connectivity index (χ2n) is 5.57. The molecule has 2 N–H and O–H groups in total. The standard InChI is InChI=1S/C15H25N3O2/c1-10(2)8-13(19)9-16-15(20)7-6-14-11(3)17-18(5)12(14)4/h6-7,10,13,19H,8-9H2,1-5H3,(H,16,20)/b7-6+. The van der Waals surface area contributed by atoms with Crippen LogP contribution in [0.1, 0.15) is 37.2 Å². The summed E-state index contributed by atoms with van der Waals surface area (Å²) >= 11 is 0. The SMILES string of the molecule is Cc1nn(C)c(C)c1/C=C/C(=O)NCC(O)CC(C)C. The number of aromatic nitrogens is 2. The highest BCUT2D eigenvalue weighted by Crippen LogP contribution is 2.13. The lowest BCUT2D eigenvalue weighted by Crippen LogP contribution is -2.31. The Morgan fingerprint density at radius 2 is 2.10 bits per heavy atom. The van der Waals surface area contributed by atoms with E-state index in [0.717, 1.165) is 17.0 Å². The molecule has 0 saturated heterocycles. The Labute approximate surface area is 120 Å². The number of hydrogen-bond acceptors (Lipinski definition) is 3. The van der Waals surface area contributed by atoms with E-state index in [2.05, 4.69) is 10.4 Å². The average Bonchev–Trinajstić information content (AvgIpc) is 2.58. The molecule has 0 aliphatic heterocycles. The van der Waals surface area contributed by atoms with Crippen molar-refractivity contribution in [3.8, 4) is 0 Å². The molecule has 5 heteroatoms. The van der Waals surface area contributed by atoms with Crippen LogP contribution in [0.3, 0.4) is 0 Å². The fourth-order valence-corrected chi connectivity index (χ4v) is 2.10. The van der Waals surface area contributed by atoms with Crippen molar-refractivity contribution in [3.63, 3.8) is 0 Å². The summed E-state index contributed by atoms with van der Waals surface area (Å²) in [4.78, 5) is 11.7. The molecule has 1 aromatic rings. The maximum atomic E-state index is 11.7. The summed E-state index contributed by atoms with van der Waals surface area (Å²) in [7, 11) is 1.88. The number of amides is 1. The number of aliphatic hydroxyl groups is 1. The van der Waals surface area contributed by atoms with Gasteiger partial charge in [0, 0.05) is 30.9 Å². The third-order valence-electron chi connectivity index (χ3n) is 3.22. The first-order valence-electron chi connectivity index (χ1n) is 6.95. The maximum absolute atomic E-state index is 11.7. The number of carbonyl (C=O) groups excluding carboxylic acids is 1. The van der Waals surface area contributed by atoms with Crippen molar-refractivity contribution in [2.24, 2.45) is 13.0 Å². The first-order chi connectivity index (χ1) is 9.31. The third-order valence-corrected chi connectivity index (χ3v) is 3.22. The van der Waals surface area contributed by atoms with E-state index in [1.165, 1.54) is 6.08 Å². The van der Waals surface area contributed by atoms with E-state index in [0.29, 0.717) is 12.3 Å². The van der Waals surface area contributed by atoms with Gasteiger partial charge in [-0.1, -0.05) is 13.8 Å². The lowest BCUT2D eigenvalue weighted by atomic mass is 10.1. The van der Waals surface area contributed by atoms with Crippen LogP contribution in [0.15, 0.2) is 6.08 Å². The van der Waals surface area contributed by atoms with Crippen molar-refractivity contribution in [3.05, 3.63) is 23.0 Å². The molecule has 1 atom stereocenters. The molecule has 0 aliphatic carbocycles. The van der Waals surface area contributed by atoms with Crippen LogP contribution < -0.4 is 5.32 Å². The average molecular weight is 279 g/mol. The summed E-state index contributed by atoms with van der Waals surface area (Å²) in [6, 6.07) is 0. The lowest BCUT2D eigenvalue weighted by Gasteiger charge is -2.12. The van der Waals surface area contributed by atoms with Crippen LogP contribution in [-0.4, -0.2) is 33.4 Å². The van der Waals surface area contributed by atoms with Gasteiger partial charge in [0.1, 0.15) is 0 Å². The smallest absolute Gasteiger partial charge is 0.244 e. The molecule has 0 radical (unpaired) electrons. The molecule has 1 rings (SSSR count). The molecule has 0 bridgehead atoms. The molecule has 0 saturated carbocycles. The summed E-state index contributed by atoms with van der Waals surface area (Å²) in [5.41, 5.74) is 2.88. The van der Waals surface area contributed by atoms with E-state index >= 15 is 0 Å². The van der Waals surface area contributed by atoms with Crippen molar-refractivity contribution in [1.82, 2.24) is 15.1 Å². The molecule has 1 unspecified atom stereocenters. The van der Waals surface area contributed by atoms with E-state index in [-0.39, 0.29) is 12.5 Å². The Bertz CT molecular complexity index is 490. The summed E-state index contributed by atoms with van der Waals surface area (Å²) < 4.78 is 1.79. The van der Waals surface area contributed by atoms with Crippen molar-refractivity contribution in [2.75, 3.05) is 6.54 Å². The Morgan fingerprint density at radius 3 is 2.60 bits per heavy atom. The van der Waals surface area contributed by atoms with Gasteiger partial charge in [0.05, 0.1) is 11.8 Å². The quantitative estimate of drug-likeness (QED) is 0.777. The van der Waals surface area contributed by atoms with Gasteiger partial charge in [-0.3, -0.25) is 9.48 Å². The summed E-state index contributed by atoms with van der Waals surface area (Å²) in [6.45, 7) is 8.24. The fraction of sp³-hybridized carbons (Fsp3) is 0.600. The van der Waals surface area contributed by atoms with Crippen LogP contribution >= 0.6 is 0 Å². The minimum absolute atomic E-state index is 0.199. The summed E-state index contributed by atoms with van der Waals surface area (Å²) in [6.07, 6.45) is 3.44. The highest BCUT2D eigenvalue weighted by atomic mass is 16.3. The summed E-state index contributed by atoms with van der Waals surface area (Å²) in [5.74, 6) is 0.216. The minimum atomic E-state index is -0.491. The largest absolute Gasteiger partial charge is 0.391 e. The van der Waals surface area contributed by atoms with Gasteiger partial charge in [-0.2, -0.15) is 5.10 Å². The zero-order chi connectivity index (χ0) is 15.3. The Hall–Kier alpha value is -1.62. The maximum Gasteiger partial charge on any atom is 0.244 e. The zero-order valence-corrected chi connectivity index (χ0v) is 13.0. The van der Waals surface area contributed by atoms with Crippen molar-refractivity contribution in [1.29, 1.82) is 0 Å². The fourth-order valence-electron chi connectivity index (χ4n) is 2.10. The van der Waals surface area contributed by atoms with E-state index in [1.807, 2.05) is 34.7 Å². The Morgan fingerprint density at radius 1 is 1.45 bits per heavy atom. The molecular formula is C15H25N3O2. The van der Waals surface area contributed by atoms with Gasteiger partial charge in [-0.25, -0.2) is 0 Å². The molecule has 0 aliphatic rings. The molecule has 0 spiro atoms. The predicted octanol–water partition coefficient (Wildman–Crippen LogP) is 1.57. The Kier molecular flexibility index (Phi) is 5.95. The molecule has 0 aromatic carbocycles. The normalized spacial score (nSPS) is 13.2. The molecule has 5 nitrogen and oxygen atoms in total. The monoisotopic (exact) mass is 279 g/mol. The molecule has 1 heterocycles. The van der Waals surface area contributed by atoms with Gasteiger partial charge < -0.3 is 10.4 Å². The Balaban J connectivity index is 2.52. The van der Waals surface area contributed by atoms with Gasteiger partial charge in [0.2, 0.25) is 5.91 Å². The molecule has 20 heavy (non-hydrogen) atoms. The first-order valence-corrected chi connectivity index (χ1v) is 6.95. The molecule has 1 amide bonds. The highest BCUT2D eigenvalue weighted by molar-refractivity contribution is 5.92. The second-order valence-corrected chi connectivity index (χ2v) is 5.57. The van der Waals surface area contributed by atoms with E-state index < -0.39 is 6.10 Å². The number of hydrogen-bond donors (Lipinski definition) is 2. The third kappa shape index (κ3) is 4.81. The molecular weight excluding hydrogens is 254 g/mol. The molecule has 0 fully saturated rings. The molecule has 1 aromatic heterocycles. The van der Waals surface area contributed by atoms with Crippen molar-refractivity contribution < 1.29 is 9.90 Å². The van der Waals surface area contributed by atoms with Crippen LogP contribution in [0, 0.1) is 19.8 Å². The topological polar surface area (TPSA) is 67.2 Å². The number of nitrogens with one attached hydrogen (secondary N) is 1. The minimum Gasteiger partial charge on any atom is -0.391 e. The van der Waals surface area contributed by atoms with Gasteiger partial charge in [-0.05, 0) is 32.3 Å². The predicted molar refractivity (Wildman–Crippen MR) is 80.2 cm³/mol. The number of aryl methyl sites for hydroxylation is 2. The highest BCUT2D eigenvalue weighted by Gasteiger charge is 2.09. The number of nitrogens with zero attached hydrogens (tertiary/aromatic N) is 2. The van der Waals surface area contributed by atoms with Crippen LogP contribution in [0.4, 0.5) is 0 Å². The van der Waals surface area contributed by atoms with Crippen LogP contribution in [0.2, 0.25) is 0 Å². The van der Waals surface area contributed by atoms with E-state index in [9.17, 15) is 9.90 Å².